The predicted molar refractivity (Wildman–Crippen MR) is 58.2 cm³/mol. The number of oxime groups is 1. The highest BCUT2D eigenvalue weighted by molar-refractivity contribution is 7.89. The molecule has 1 unspecified atom stereocenters. The van der Waals surface area contributed by atoms with E-state index in [1.807, 2.05) is 0 Å². The van der Waals surface area contributed by atoms with Gasteiger partial charge in [0.2, 0.25) is 15.9 Å². The Hall–Kier alpha value is -1.35. The Bertz CT molecular complexity index is 365. The number of amides is 1. The first kappa shape index (κ1) is 14.6. The highest BCUT2D eigenvalue weighted by atomic mass is 32.2. The van der Waals surface area contributed by atoms with Crippen LogP contribution >= 0.6 is 0 Å². The van der Waals surface area contributed by atoms with Crippen molar-refractivity contribution < 1.29 is 18.4 Å². The summed E-state index contributed by atoms with van der Waals surface area (Å²) in [6.45, 7) is 1.58. The van der Waals surface area contributed by atoms with E-state index in [1.54, 1.807) is 6.92 Å². The Morgan fingerprint density at radius 2 is 2.12 bits per heavy atom. The molecule has 1 atom stereocenters. The third kappa shape index (κ3) is 5.51. The van der Waals surface area contributed by atoms with Gasteiger partial charge >= 0.3 is 0 Å². The predicted octanol–water partition coefficient (Wildman–Crippen LogP) is -1.84. The molecule has 0 bridgehead atoms. The molecular formula is C7H16N4O4S. The zero-order valence-corrected chi connectivity index (χ0v) is 9.70. The maximum absolute atomic E-state index is 11.4. The molecule has 0 heterocycles. The third-order valence-electron chi connectivity index (χ3n) is 1.88. The lowest BCUT2D eigenvalue weighted by Crippen LogP contribution is -2.40. The van der Waals surface area contributed by atoms with Crippen LogP contribution in [-0.2, 0) is 14.8 Å². The SMILES string of the molecule is CCC(C(=O)NCCS(N)(=O)=O)C(N)=NO. The maximum atomic E-state index is 11.4. The number of hydrogen-bond donors (Lipinski definition) is 4. The molecule has 1 amide bonds. The van der Waals surface area contributed by atoms with Crippen LogP contribution in [0.15, 0.2) is 5.16 Å². The molecule has 0 rings (SSSR count). The summed E-state index contributed by atoms with van der Waals surface area (Å²) in [5.41, 5.74) is 5.28. The highest BCUT2D eigenvalue weighted by Crippen LogP contribution is 2.02. The van der Waals surface area contributed by atoms with Crippen LogP contribution in [0.3, 0.4) is 0 Å². The zero-order valence-electron chi connectivity index (χ0n) is 8.88. The number of nitrogens with one attached hydrogen (secondary N) is 1. The molecule has 8 nitrogen and oxygen atoms in total. The van der Waals surface area contributed by atoms with Crippen LogP contribution in [0.2, 0.25) is 0 Å². The van der Waals surface area contributed by atoms with Gasteiger partial charge in [0.1, 0.15) is 0 Å². The number of sulfonamides is 1. The van der Waals surface area contributed by atoms with Crippen molar-refractivity contribution in [1.29, 1.82) is 0 Å². The Labute approximate surface area is 93.7 Å². The summed E-state index contributed by atoms with van der Waals surface area (Å²) in [4.78, 5) is 11.4. The fourth-order valence-corrected chi connectivity index (χ4v) is 1.42. The number of amidine groups is 1. The first-order valence-electron chi connectivity index (χ1n) is 4.57. The van der Waals surface area contributed by atoms with E-state index in [4.69, 9.17) is 16.1 Å². The number of rotatable bonds is 6. The maximum Gasteiger partial charge on any atom is 0.230 e. The minimum atomic E-state index is -3.60. The average Bonchev–Trinajstić information content (AvgIpc) is 2.16. The van der Waals surface area contributed by atoms with E-state index in [2.05, 4.69) is 10.5 Å². The van der Waals surface area contributed by atoms with Gasteiger partial charge < -0.3 is 16.3 Å². The number of hydrogen-bond acceptors (Lipinski definition) is 5. The van der Waals surface area contributed by atoms with Gasteiger partial charge in [0, 0.05) is 6.54 Å². The lowest BCUT2D eigenvalue weighted by molar-refractivity contribution is -0.123. The van der Waals surface area contributed by atoms with Crippen molar-refractivity contribution in [2.45, 2.75) is 13.3 Å². The minimum Gasteiger partial charge on any atom is -0.409 e. The molecule has 9 heteroatoms. The van der Waals surface area contributed by atoms with Gasteiger partial charge in [0.25, 0.3) is 0 Å². The van der Waals surface area contributed by atoms with Crippen molar-refractivity contribution in [3.8, 4) is 0 Å². The van der Waals surface area contributed by atoms with Crippen molar-refractivity contribution in [2.24, 2.45) is 21.9 Å². The molecule has 0 aliphatic rings. The summed E-state index contributed by atoms with van der Waals surface area (Å²) >= 11 is 0. The summed E-state index contributed by atoms with van der Waals surface area (Å²) in [6.07, 6.45) is 0.344. The van der Waals surface area contributed by atoms with Crippen LogP contribution in [-0.4, -0.2) is 37.7 Å². The lowest BCUT2D eigenvalue weighted by Gasteiger charge is -2.12. The Morgan fingerprint density at radius 1 is 1.56 bits per heavy atom. The Morgan fingerprint density at radius 3 is 2.50 bits per heavy atom. The van der Waals surface area contributed by atoms with E-state index in [9.17, 15) is 13.2 Å². The molecule has 0 aliphatic carbocycles. The van der Waals surface area contributed by atoms with Crippen LogP contribution in [0, 0.1) is 5.92 Å². The zero-order chi connectivity index (χ0) is 12.8. The highest BCUT2D eigenvalue weighted by Gasteiger charge is 2.20. The lowest BCUT2D eigenvalue weighted by atomic mass is 10.1. The number of nitrogens with two attached hydrogens (primary N) is 2. The van der Waals surface area contributed by atoms with Gasteiger partial charge in [-0.3, -0.25) is 4.79 Å². The summed E-state index contributed by atoms with van der Waals surface area (Å²) in [6, 6.07) is 0. The number of primary sulfonamides is 1. The van der Waals surface area contributed by atoms with E-state index in [-0.39, 0.29) is 18.1 Å². The van der Waals surface area contributed by atoms with Crippen molar-refractivity contribution in [1.82, 2.24) is 5.32 Å². The first-order chi connectivity index (χ1) is 7.31. The summed E-state index contributed by atoms with van der Waals surface area (Å²) in [5, 5.41) is 18.2. The minimum absolute atomic E-state index is 0.104. The second-order valence-corrected chi connectivity index (χ2v) is 4.88. The molecule has 0 saturated heterocycles. The number of carbonyl (C=O) groups excluding carboxylic acids is 1. The normalized spacial score (nSPS) is 14.5. The third-order valence-corrected chi connectivity index (χ3v) is 2.66. The van der Waals surface area contributed by atoms with Gasteiger partial charge in [-0.15, -0.1) is 0 Å². The van der Waals surface area contributed by atoms with Gasteiger partial charge in [-0.2, -0.15) is 0 Å². The summed E-state index contributed by atoms with van der Waals surface area (Å²) in [5.74, 6) is -1.84. The van der Waals surface area contributed by atoms with E-state index >= 15 is 0 Å². The topological polar surface area (TPSA) is 148 Å². The molecule has 0 radical (unpaired) electrons. The molecule has 0 aromatic carbocycles. The van der Waals surface area contributed by atoms with Crippen LogP contribution in [0.1, 0.15) is 13.3 Å². The Balaban J connectivity index is 4.24. The molecule has 6 N–H and O–H groups in total. The molecule has 0 fully saturated rings. The molecule has 16 heavy (non-hydrogen) atoms. The Kier molecular flexibility index (Phi) is 5.75. The van der Waals surface area contributed by atoms with E-state index < -0.39 is 21.8 Å². The van der Waals surface area contributed by atoms with Gasteiger partial charge in [-0.25, -0.2) is 13.6 Å². The standard InChI is InChI=1S/C7H16N4O4S/c1-2-5(6(8)11-13)7(12)10-3-4-16(9,14)15/h5,13H,2-4H2,1H3,(H2,8,11)(H,10,12)(H2,9,14,15). The quantitative estimate of drug-likeness (QED) is 0.190. The largest absolute Gasteiger partial charge is 0.409 e. The summed E-state index contributed by atoms with van der Waals surface area (Å²) in [7, 11) is -3.60. The fourth-order valence-electron chi connectivity index (χ4n) is 1.04. The van der Waals surface area contributed by atoms with Crippen molar-refractivity contribution >= 4 is 21.8 Å². The smallest absolute Gasteiger partial charge is 0.230 e. The van der Waals surface area contributed by atoms with Crippen LogP contribution in [0.4, 0.5) is 0 Å². The molecule has 0 saturated carbocycles. The van der Waals surface area contributed by atoms with Crippen molar-refractivity contribution in [3.05, 3.63) is 0 Å². The average molecular weight is 252 g/mol. The van der Waals surface area contributed by atoms with E-state index in [0.29, 0.717) is 6.42 Å². The van der Waals surface area contributed by atoms with Gasteiger partial charge in [0.05, 0.1) is 11.7 Å². The van der Waals surface area contributed by atoms with E-state index in [0.717, 1.165) is 0 Å². The molecule has 94 valence electrons. The van der Waals surface area contributed by atoms with Crippen LogP contribution in [0.5, 0.6) is 0 Å². The molecular weight excluding hydrogens is 236 g/mol. The van der Waals surface area contributed by atoms with Crippen LogP contribution < -0.4 is 16.2 Å². The number of carbonyl (C=O) groups is 1. The van der Waals surface area contributed by atoms with Crippen molar-refractivity contribution in [2.75, 3.05) is 12.3 Å². The monoisotopic (exact) mass is 252 g/mol. The summed E-state index contributed by atoms with van der Waals surface area (Å²) < 4.78 is 21.2. The van der Waals surface area contributed by atoms with Gasteiger partial charge in [0.15, 0.2) is 5.84 Å². The molecule has 0 spiro atoms. The van der Waals surface area contributed by atoms with E-state index in [1.165, 1.54) is 0 Å². The van der Waals surface area contributed by atoms with Gasteiger partial charge in [-0.1, -0.05) is 12.1 Å². The first-order valence-corrected chi connectivity index (χ1v) is 6.29. The molecule has 0 aliphatic heterocycles. The second kappa shape index (κ2) is 6.28. The number of nitrogens with zero attached hydrogens (tertiary/aromatic N) is 1. The molecule has 0 aromatic heterocycles. The molecule has 0 aromatic rings. The van der Waals surface area contributed by atoms with Crippen molar-refractivity contribution in [3.63, 3.8) is 0 Å². The van der Waals surface area contributed by atoms with Gasteiger partial charge in [-0.05, 0) is 6.42 Å². The van der Waals surface area contributed by atoms with Crippen LogP contribution in [0.25, 0.3) is 0 Å². The fraction of sp³-hybridized carbons (Fsp3) is 0.714. The second-order valence-electron chi connectivity index (χ2n) is 3.14.